The first kappa shape index (κ1) is 20.9. The second-order valence-electron chi connectivity index (χ2n) is 6.41. The van der Waals surface area contributed by atoms with Crippen molar-refractivity contribution >= 4 is 68.1 Å². The van der Waals surface area contributed by atoms with E-state index in [1.54, 1.807) is 22.8 Å². The van der Waals surface area contributed by atoms with Gasteiger partial charge in [-0.2, -0.15) is 0 Å². The fourth-order valence-corrected chi connectivity index (χ4v) is 4.92. The summed E-state index contributed by atoms with van der Waals surface area (Å²) in [6.07, 6.45) is 0. The van der Waals surface area contributed by atoms with Gasteiger partial charge >= 0.3 is 0 Å². The van der Waals surface area contributed by atoms with Gasteiger partial charge in [0.05, 0.1) is 26.9 Å². The highest BCUT2D eigenvalue weighted by atomic mass is 35.5. The number of aromatic nitrogens is 2. The molecule has 0 bridgehead atoms. The van der Waals surface area contributed by atoms with Gasteiger partial charge in [-0.25, -0.2) is 4.98 Å². The number of thiophene rings is 1. The fraction of sp³-hybridized carbons (Fsp3) is 0.0952. The Hall–Kier alpha value is -2.32. The highest BCUT2D eigenvalue weighted by Crippen LogP contribution is 2.27. The standard InChI is InChI=1S/C21H15Cl2N3O2S2/c1-12-9-15-19(30-12)25-21(26(20(15)28)14-5-3-2-4-6-14)29-11-18(27)24-13-7-8-16(22)17(23)10-13/h2-10H,11H2,1H3,(H,24,27). The third-order valence-corrected chi connectivity index (χ3v) is 6.83. The molecule has 0 saturated carbocycles. The molecular weight excluding hydrogens is 461 g/mol. The van der Waals surface area contributed by atoms with Gasteiger partial charge < -0.3 is 5.32 Å². The van der Waals surface area contributed by atoms with Crippen molar-refractivity contribution in [2.45, 2.75) is 12.1 Å². The lowest BCUT2D eigenvalue weighted by Gasteiger charge is -2.12. The van der Waals surface area contributed by atoms with E-state index < -0.39 is 0 Å². The molecule has 0 aliphatic heterocycles. The van der Waals surface area contributed by atoms with E-state index in [0.717, 1.165) is 4.88 Å². The molecule has 30 heavy (non-hydrogen) atoms. The van der Waals surface area contributed by atoms with E-state index in [0.29, 0.717) is 36.8 Å². The zero-order valence-corrected chi connectivity index (χ0v) is 18.8. The fourth-order valence-electron chi connectivity index (χ4n) is 2.89. The molecule has 2 aromatic heterocycles. The lowest BCUT2D eigenvalue weighted by atomic mass is 10.3. The molecule has 1 amide bonds. The highest BCUT2D eigenvalue weighted by Gasteiger charge is 2.16. The van der Waals surface area contributed by atoms with Crippen molar-refractivity contribution in [2.75, 3.05) is 11.1 Å². The van der Waals surface area contributed by atoms with Gasteiger partial charge in [0.25, 0.3) is 5.56 Å². The molecule has 0 unspecified atom stereocenters. The average Bonchev–Trinajstić information content (AvgIpc) is 3.10. The predicted octanol–water partition coefficient (Wildman–Crippen LogP) is 5.79. The quantitative estimate of drug-likeness (QED) is 0.292. The van der Waals surface area contributed by atoms with E-state index in [1.807, 2.05) is 43.3 Å². The summed E-state index contributed by atoms with van der Waals surface area (Å²) >= 11 is 14.6. The van der Waals surface area contributed by atoms with Gasteiger partial charge in [0.15, 0.2) is 5.16 Å². The summed E-state index contributed by atoms with van der Waals surface area (Å²) in [7, 11) is 0. The molecule has 9 heteroatoms. The van der Waals surface area contributed by atoms with Crippen LogP contribution in [0.5, 0.6) is 0 Å². The minimum absolute atomic E-state index is 0.0788. The van der Waals surface area contributed by atoms with Gasteiger partial charge in [-0.1, -0.05) is 53.2 Å². The van der Waals surface area contributed by atoms with Crippen molar-refractivity contribution in [3.05, 3.63) is 79.9 Å². The van der Waals surface area contributed by atoms with Crippen molar-refractivity contribution in [3.8, 4) is 5.69 Å². The summed E-state index contributed by atoms with van der Waals surface area (Å²) in [5.74, 6) is -0.162. The number of rotatable bonds is 5. The van der Waals surface area contributed by atoms with Crippen LogP contribution < -0.4 is 10.9 Å². The number of carbonyl (C=O) groups excluding carboxylic acids is 1. The first-order valence-electron chi connectivity index (χ1n) is 8.88. The number of anilines is 1. The minimum atomic E-state index is -0.241. The molecule has 0 atom stereocenters. The molecule has 0 spiro atoms. The zero-order valence-electron chi connectivity index (χ0n) is 15.7. The Morgan fingerprint density at radius 1 is 1.13 bits per heavy atom. The Morgan fingerprint density at radius 2 is 1.90 bits per heavy atom. The Balaban J connectivity index is 1.63. The first-order valence-corrected chi connectivity index (χ1v) is 11.4. The van der Waals surface area contributed by atoms with Crippen LogP contribution in [-0.2, 0) is 4.79 Å². The maximum Gasteiger partial charge on any atom is 0.267 e. The molecule has 1 N–H and O–H groups in total. The van der Waals surface area contributed by atoms with E-state index in [1.165, 1.54) is 23.1 Å². The van der Waals surface area contributed by atoms with Crippen molar-refractivity contribution in [3.63, 3.8) is 0 Å². The van der Waals surface area contributed by atoms with Gasteiger partial charge in [-0.3, -0.25) is 14.2 Å². The average molecular weight is 476 g/mol. The van der Waals surface area contributed by atoms with E-state index in [2.05, 4.69) is 10.3 Å². The molecule has 0 radical (unpaired) electrons. The van der Waals surface area contributed by atoms with Crippen molar-refractivity contribution < 1.29 is 4.79 Å². The van der Waals surface area contributed by atoms with Crippen LogP contribution in [0.4, 0.5) is 5.69 Å². The Bertz CT molecular complexity index is 1300. The Labute approximate surface area is 190 Å². The molecule has 0 aliphatic carbocycles. The molecule has 2 aromatic carbocycles. The first-order chi connectivity index (χ1) is 14.4. The smallest absolute Gasteiger partial charge is 0.267 e. The second kappa shape index (κ2) is 8.81. The third kappa shape index (κ3) is 4.39. The number of nitrogens with zero attached hydrogens (tertiary/aromatic N) is 2. The normalized spacial score (nSPS) is 11.0. The van der Waals surface area contributed by atoms with Gasteiger partial charge in [0.2, 0.25) is 5.91 Å². The van der Waals surface area contributed by atoms with Crippen molar-refractivity contribution in [2.24, 2.45) is 0 Å². The zero-order chi connectivity index (χ0) is 21.3. The molecule has 0 aliphatic rings. The Morgan fingerprint density at radius 3 is 2.63 bits per heavy atom. The van der Waals surface area contributed by atoms with Crippen LogP contribution >= 0.6 is 46.3 Å². The number of nitrogens with one attached hydrogen (secondary N) is 1. The van der Waals surface area contributed by atoms with Crippen LogP contribution in [0.1, 0.15) is 4.88 Å². The molecule has 4 rings (SSSR count). The summed E-state index contributed by atoms with van der Waals surface area (Å²) in [5, 5.41) is 4.60. The number of para-hydroxylation sites is 1. The number of hydrogen-bond acceptors (Lipinski definition) is 5. The SMILES string of the molecule is Cc1cc2c(=O)n(-c3ccccc3)c(SCC(=O)Nc3ccc(Cl)c(Cl)c3)nc2s1. The van der Waals surface area contributed by atoms with Crippen LogP contribution in [-0.4, -0.2) is 21.2 Å². The number of aryl methyl sites for hydroxylation is 1. The number of hydrogen-bond donors (Lipinski definition) is 1. The lowest BCUT2D eigenvalue weighted by Crippen LogP contribution is -2.22. The van der Waals surface area contributed by atoms with Crippen LogP contribution in [0.3, 0.4) is 0 Å². The number of thioether (sulfide) groups is 1. The number of benzene rings is 2. The Kier molecular flexibility index (Phi) is 6.15. The highest BCUT2D eigenvalue weighted by molar-refractivity contribution is 7.99. The third-order valence-electron chi connectivity index (χ3n) is 4.21. The number of amides is 1. The van der Waals surface area contributed by atoms with Gasteiger partial charge in [0.1, 0.15) is 4.83 Å². The van der Waals surface area contributed by atoms with E-state index >= 15 is 0 Å². The molecule has 0 saturated heterocycles. The second-order valence-corrected chi connectivity index (χ2v) is 9.40. The summed E-state index contributed by atoms with van der Waals surface area (Å²) in [5.41, 5.74) is 1.10. The predicted molar refractivity (Wildman–Crippen MR) is 126 cm³/mol. The lowest BCUT2D eigenvalue weighted by molar-refractivity contribution is -0.113. The van der Waals surface area contributed by atoms with Crippen molar-refractivity contribution in [1.82, 2.24) is 9.55 Å². The van der Waals surface area contributed by atoms with Crippen LogP contribution in [0.25, 0.3) is 15.9 Å². The molecule has 2 heterocycles. The van der Waals surface area contributed by atoms with Crippen LogP contribution in [0.2, 0.25) is 10.0 Å². The summed E-state index contributed by atoms with van der Waals surface area (Å²) in [4.78, 5) is 32.0. The largest absolute Gasteiger partial charge is 0.325 e. The topological polar surface area (TPSA) is 64.0 Å². The monoisotopic (exact) mass is 475 g/mol. The van der Waals surface area contributed by atoms with Crippen LogP contribution in [0.15, 0.2) is 64.5 Å². The molecule has 0 fully saturated rings. The summed E-state index contributed by atoms with van der Waals surface area (Å²) in [6, 6.07) is 16.0. The van der Waals surface area contributed by atoms with Gasteiger partial charge in [0, 0.05) is 10.6 Å². The van der Waals surface area contributed by atoms with Crippen LogP contribution in [0, 0.1) is 6.92 Å². The van der Waals surface area contributed by atoms with E-state index in [-0.39, 0.29) is 17.2 Å². The van der Waals surface area contributed by atoms with Crippen molar-refractivity contribution in [1.29, 1.82) is 0 Å². The number of fused-ring (bicyclic) bond motifs is 1. The number of carbonyl (C=O) groups is 1. The van der Waals surface area contributed by atoms with Gasteiger partial charge in [-0.15, -0.1) is 11.3 Å². The molecular formula is C21H15Cl2N3O2S2. The molecule has 152 valence electrons. The molecule has 4 aromatic rings. The maximum atomic E-state index is 13.2. The van der Waals surface area contributed by atoms with E-state index in [4.69, 9.17) is 23.2 Å². The summed E-state index contributed by atoms with van der Waals surface area (Å²) in [6.45, 7) is 1.94. The maximum absolute atomic E-state index is 13.2. The minimum Gasteiger partial charge on any atom is -0.325 e. The number of halogens is 2. The van der Waals surface area contributed by atoms with E-state index in [9.17, 15) is 9.59 Å². The molecule has 5 nitrogen and oxygen atoms in total. The van der Waals surface area contributed by atoms with Gasteiger partial charge in [-0.05, 0) is 43.3 Å². The summed E-state index contributed by atoms with van der Waals surface area (Å²) < 4.78 is 1.55.